The number of rotatable bonds is 3. The molecular weight excluding hydrogens is 279 g/mol. The average Bonchev–Trinajstić information content (AvgIpc) is 2.52. The molecule has 22 heavy (non-hydrogen) atoms. The minimum absolute atomic E-state index is 0.221. The molecular formula is C18H15FN2O. The zero-order valence-corrected chi connectivity index (χ0v) is 12.1. The fraction of sp³-hybridized carbons (Fsp3) is 0.111. The van der Waals surface area contributed by atoms with E-state index >= 15 is 0 Å². The second-order valence-corrected chi connectivity index (χ2v) is 5.23. The van der Waals surface area contributed by atoms with Gasteiger partial charge in [-0.2, -0.15) is 5.10 Å². The molecule has 0 aliphatic rings. The lowest BCUT2D eigenvalue weighted by molar-refractivity contribution is 0.627. The molecule has 0 saturated heterocycles. The number of hydrogen-bond acceptors (Lipinski definition) is 2. The van der Waals surface area contributed by atoms with Crippen LogP contribution in [0.25, 0.3) is 11.3 Å². The van der Waals surface area contributed by atoms with Gasteiger partial charge in [0.15, 0.2) is 0 Å². The first-order valence-electron chi connectivity index (χ1n) is 7.02. The van der Waals surface area contributed by atoms with E-state index in [0.717, 1.165) is 22.4 Å². The molecule has 3 aromatic rings. The van der Waals surface area contributed by atoms with Crippen molar-refractivity contribution in [2.45, 2.75) is 13.3 Å². The number of nitrogens with one attached hydrogen (secondary N) is 1. The molecule has 1 aromatic heterocycles. The normalized spacial score (nSPS) is 10.6. The van der Waals surface area contributed by atoms with Crippen molar-refractivity contribution >= 4 is 0 Å². The van der Waals surface area contributed by atoms with Crippen LogP contribution in [0.3, 0.4) is 0 Å². The van der Waals surface area contributed by atoms with Crippen molar-refractivity contribution < 1.29 is 4.39 Å². The third-order valence-electron chi connectivity index (χ3n) is 3.61. The molecule has 3 rings (SSSR count). The maximum atomic E-state index is 13.0. The van der Waals surface area contributed by atoms with Crippen molar-refractivity contribution in [3.8, 4) is 11.3 Å². The predicted octanol–water partition coefficient (Wildman–Crippen LogP) is 3.48. The van der Waals surface area contributed by atoms with Gasteiger partial charge in [0.1, 0.15) is 5.82 Å². The molecule has 0 bridgehead atoms. The molecule has 0 aliphatic carbocycles. The van der Waals surface area contributed by atoms with E-state index in [1.807, 2.05) is 31.2 Å². The molecule has 0 fully saturated rings. The van der Waals surface area contributed by atoms with Gasteiger partial charge in [0.2, 0.25) is 0 Å². The highest BCUT2D eigenvalue weighted by atomic mass is 19.1. The van der Waals surface area contributed by atoms with Gasteiger partial charge in [0, 0.05) is 17.5 Å². The Bertz CT molecular complexity index is 853. The highest BCUT2D eigenvalue weighted by Gasteiger charge is 2.08. The smallest absolute Gasteiger partial charge is 0.267 e. The van der Waals surface area contributed by atoms with Crippen LogP contribution in [0.5, 0.6) is 0 Å². The fourth-order valence-electron chi connectivity index (χ4n) is 2.40. The Balaban J connectivity index is 1.98. The topological polar surface area (TPSA) is 45.8 Å². The van der Waals surface area contributed by atoms with Gasteiger partial charge in [0.25, 0.3) is 5.56 Å². The first-order valence-corrected chi connectivity index (χ1v) is 7.02. The lowest BCUT2D eigenvalue weighted by Crippen LogP contribution is -2.15. The van der Waals surface area contributed by atoms with Crippen LogP contribution in [0.15, 0.2) is 59.4 Å². The Labute approximate surface area is 127 Å². The highest BCUT2D eigenvalue weighted by molar-refractivity contribution is 5.63. The Morgan fingerprint density at radius 2 is 1.82 bits per heavy atom. The van der Waals surface area contributed by atoms with Gasteiger partial charge in [-0.15, -0.1) is 0 Å². The van der Waals surface area contributed by atoms with Crippen LogP contribution >= 0.6 is 0 Å². The SMILES string of the molecule is Cc1ccccc1-c1cc(Cc2ccc(F)cc2)c(=O)[nH]n1. The van der Waals surface area contributed by atoms with Crippen molar-refractivity contribution in [1.29, 1.82) is 0 Å². The van der Waals surface area contributed by atoms with Gasteiger partial charge in [-0.05, 0) is 36.2 Å². The molecule has 0 atom stereocenters. The summed E-state index contributed by atoms with van der Waals surface area (Å²) in [6, 6.07) is 15.8. The van der Waals surface area contributed by atoms with Crippen LogP contribution in [0.4, 0.5) is 4.39 Å². The Kier molecular flexibility index (Phi) is 3.83. The minimum Gasteiger partial charge on any atom is -0.268 e. The second-order valence-electron chi connectivity index (χ2n) is 5.23. The lowest BCUT2D eigenvalue weighted by atomic mass is 10.0. The summed E-state index contributed by atoms with van der Waals surface area (Å²) in [4.78, 5) is 12.0. The maximum absolute atomic E-state index is 13.0. The summed E-state index contributed by atoms with van der Waals surface area (Å²) in [6.45, 7) is 2.00. The number of aromatic nitrogens is 2. The molecule has 1 N–H and O–H groups in total. The number of aromatic amines is 1. The fourth-order valence-corrected chi connectivity index (χ4v) is 2.40. The summed E-state index contributed by atoms with van der Waals surface area (Å²) in [7, 11) is 0. The van der Waals surface area contributed by atoms with Gasteiger partial charge >= 0.3 is 0 Å². The second kappa shape index (κ2) is 5.93. The van der Waals surface area contributed by atoms with Crippen LogP contribution in [-0.4, -0.2) is 10.2 Å². The molecule has 3 nitrogen and oxygen atoms in total. The number of halogens is 1. The van der Waals surface area contributed by atoms with Crippen molar-refractivity contribution in [2.75, 3.05) is 0 Å². The number of nitrogens with zero attached hydrogens (tertiary/aromatic N) is 1. The molecule has 0 aliphatic heterocycles. The Hall–Kier alpha value is -2.75. The molecule has 0 amide bonds. The third kappa shape index (κ3) is 2.96. The molecule has 110 valence electrons. The first kappa shape index (κ1) is 14.2. The first-order chi connectivity index (χ1) is 10.6. The Morgan fingerprint density at radius 1 is 1.09 bits per heavy atom. The van der Waals surface area contributed by atoms with E-state index in [9.17, 15) is 9.18 Å². The van der Waals surface area contributed by atoms with E-state index < -0.39 is 0 Å². The third-order valence-corrected chi connectivity index (χ3v) is 3.61. The summed E-state index contributed by atoms with van der Waals surface area (Å²) in [6.07, 6.45) is 0.441. The van der Waals surface area contributed by atoms with E-state index in [2.05, 4.69) is 10.2 Å². The molecule has 4 heteroatoms. The summed E-state index contributed by atoms with van der Waals surface area (Å²) in [5.41, 5.74) is 4.08. The van der Waals surface area contributed by atoms with Gasteiger partial charge in [0.05, 0.1) is 5.69 Å². The molecule has 0 unspecified atom stereocenters. The standard InChI is InChI=1S/C18H15FN2O/c1-12-4-2-3-5-16(12)17-11-14(18(22)21-20-17)10-13-6-8-15(19)9-7-13/h2-9,11H,10H2,1H3,(H,21,22). The summed E-state index contributed by atoms with van der Waals surface area (Å²) in [5, 5.41) is 6.67. The molecule has 0 spiro atoms. The van der Waals surface area contributed by atoms with Gasteiger partial charge in [-0.3, -0.25) is 4.79 Å². The summed E-state index contributed by atoms with van der Waals surface area (Å²) < 4.78 is 13.0. The van der Waals surface area contributed by atoms with Gasteiger partial charge < -0.3 is 0 Å². The zero-order chi connectivity index (χ0) is 15.5. The van der Waals surface area contributed by atoms with E-state index in [-0.39, 0.29) is 11.4 Å². The summed E-state index contributed by atoms with van der Waals surface area (Å²) >= 11 is 0. The van der Waals surface area contributed by atoms with Crippen molar-refractivity contribution in [3.63, 3.8) is 0 Å². The zero-order valence-electron chi connectivity index (χ0n) is 12.1. The Morgan fingerprint density at radius 3 is 2.55 bits per heavy atom. The highest BCUT2D eigenvalue weighted by Crippen LogP contribution is 2.21. The van der Waals surface area contributed by atoms with Gasteiger partial charge in [-0.25, -0.2) is 9.49 Å². The van der Waals surface area contributed by atoms with E-state index in [0.29, 0.717) is 12.0 Å². The summed E-state index contributed by atoms with van der Waals surface area (Å²) in [5.74, 6) is -0.284. The molecule has 0 radical (unpaired) electrons. The molecule has 0 saturated carbocycles. The average molecular weight is 294 g/mol. The predicted molar refractivity (Wildman–Crippen MR) is 84.2 cm³/mol. The van der Waals surface area contributed by atoms with E-state index in [1.54, 1.807) is 18.2 Å². The monoisotopic (exact) mass is 294 g/mol. The van der Waals surface area contributed by atoms with Crippen LogP contribution < -0.4 is 5.56 Å². The van der Waals surface area contributed by atoms with Crippen LogP contribution in [0, 0.1) is 12.7 Å². The molecule has 2 aromatic carbocycles. The van der Waals surface area contributed by atoms with Crippen LogP contribution in [-0.2, 0) is 6.42 Å². The number of hydrogen-bond donors (Lipinski definition) is 1. The van der Waals surface area contributed by atoms with Crippen LogP contribution in [0.1, 0.15) is 16.7 Å². The quantitative estimate of drug-likeness (QED) is 0.804. The van der Waals surface area contributed by atoms with E-state index in [4.69, 9.17) is 0 Å². The van der Waals surface area contributed by atoms with Crippen LogP contribution in [0.2, 0.25) is 0 Å². The molecule has 1 heterocycles. The van der Waals surface area contributed by atoms with Gasteiger partial charge in [-0.1, -0.05) is 36.4 Å². The lowest BCUT2D eigenvalue weighted by Gasteiger charge is -2.07. The number of benzene rings is 2. The van der Waals surface area contributed by atoms with Crippen molar-refractivity contribution in [1.82, 2.24) is 10.2 Å². The van der Waals surface area contributed by atoms with Crippen molar-refractivity contribution in [3.05, 3.63) is 87.5 Å². The minimum atomic E-state index is -0.284. The van der Waals surface area contributed by atoms with E-state index in [1.165, 1.54) is 12.1 Å². The van der Waals surface area contributed by atoms with Crippen molar-refractivity contribution in [2.24, 2.45) is 0 Å². The number of H-pyrrole nitrogens is 1. The maximum Gasteiger partial charge on any atom is 0.267 e. The largest absolute Gasteiger partial charge is 0.268 e. The number of aryl methyl sites for hydroxylation is 1.